The molecule has 1 saturated carbocycles. The first kappa shape index (κ1) is 23.8. The SMILES string of the molecule is CCC(C)[C@H](NC(=O)CC(NC(=O)OCC1c2ccccc2-c2ccccc21)C1CC1)C(=O)O. The van der Waals surface area contributed by atoms with E-state index >= 15 is 0 Å². The third-order valence-electron chi connectivity index (χ3n) is 7.04. The third kappa shape index (κ3) is 5.24. The highest BCUT2D eigenvalue weighted by Gasteiger charge is 2.36. The van der Waals surface area contributed by atoms with Gasteiger partial charge >= 0.3 is 12.1 Å². The number of hydrogen-bond acceptors (Lipinski definition) is 4. The summed E-state index contributed by atoms with van der Waals surface area (Å²) in [6, 6.07) is 15.0. The fourth-order valence-electron chi connectivity index (χ4n) is 4.74. The molecule has 2 amide bonds. The molecule has 0 spiro atoms. The van der Waals surface area contributed by atoms with Crippen molar-refractivity contribution in [2.24, 2.45) is 11.8 Å². The minimum absolute atomic E-state index is 0.0346. The average molecular weight is 465 g/mol. The molecule has 0 heterocycles. The van der Waals surface area contributed by atoms with Crippen molar-refractivity contribution in [1.82, 2.24) is 10.6 Å². The normalized spacial score (nSPS) is 17.1. The van der Waals surface area contributed by atoms with E-state index in [4.69, 9.17) is 4.74 Å². The number of benzene rings is 2. The number of carboxylic acids is 1. The molecule has 2 aliphatic rings. The van der Waals surface area contributed by atoms with Crippen LogP contribution >= 0.6 is 0 Å². The molecule has 0 saturated heterocycles. The van der Waals surface area contributed by atoms with E-state index in [-0.39, 0.29) is 42.7 Å². The van der Waals surface area contributed by atoms with Crippen molar-refractivity contribution in [2.75, 3.05) is 6.61 Å². The standard InChI is InChI=1S/C27H32N2O5/c1-3-16(2)25(26(31)32)29-24(30)14-23(17-12-13-17)28-27(33)34-15-22-20-10-6-4-8-18(20)19-9-5-7-11-21(19)22/h4-11,16-17,22-23,25H,3,12-15H2,1-2H3,(H,28,33)(H,29,30)(H,31,32)/t16?,23?,25-/m0/s1. The number of rotatable bonds is 10. The number of carboxylic acid groups (broad SMARTS) is 1. The molecular formula is C27H32N2O5. The second-order valence-electron chi connectivity index (χ2n) is 9.39. The molecule has 3 N–H and O–H groups in total. The van der Waals surface area contributed by atoms with Crippen molar-refractivity contribution in [3.63, 3.8) is 0 Å². The van der Waals surface area contributed by atoms with Crippen molar-refractivity contribution in [2.45, 2.75) is 57.5 Å². The Hall–Kier alpha value is -3.35. The summed E-state index contributed by atoms with van der Waals surface area (Å²) in [6.07, 6.45) is 1.98. The fourth-order valence-corrected chi connectivity index (χ4v) is 4.74. The van der Waals surface area contributed by atoms with Crippen LogP contribution in [0.25, 0.3) is 11.1 Å². The van der Waals surface area contributed by atoms with Gasteiger partial charge in [-0.3, -0.25) is 4.79 Å². The van der Waals surface area contributed by atoms with E-state index in [0.29, 0.717) is 6.42 Å². The lowest BCUT2D eigenvalue weighted by Gasteiger charge is -2.23. The van der Waals surface area contributed by atoms with E-state index in [0.717, 1.165) is 35.1 Å². The summed E-state index contributed by atoms with van der Waals surface area (Å²) in [4.78, 5) is 36.8. The van der Waals surface area contributed by atoms with Gasteiger partial charge in [-0.1, -0.05) is 68.8 Å². The first-order valence-electron chi connectivity index (χ1n) is 12.0. The average Bonchev–Trinajstić information content (AvgIpc) is 3.63. The summed E-state index contributed by atoms with van der Waals surface area (Å²) >= 11 is 0. The van der Waals surface area contributed by atoms with Gasteiger partial charge in [0.15, 0.2) is 0 Å². The Morgan fingerprint density at radius 2 is 1.59 bits per heavy atom. The van der Waals surface area contributed by atoms with Crippen LogP contribution in [0.3, 0.4) is 0 Å². The quantitative estimate of drug-likeness (QED) is 0.486. The second-order valence-corrected chi connectivity index (χ2v) is 9.39. The Balaban J connectivity index is 1.35. The molecule has 34 heavy (non-hydrogen) atoms. The molecular weight excluding hydrogens is 432 g/mol. The molecule has 0 aromatic heterocycles. The highest BCUT2D eigenvalue weighted by molar-refractivity contribution is 5.84. The number of ether oxygens (including phenoxy) is 1. The van der Waals surface area contributed by atoms with Gasteiger partial charge in [-0.25, -0.2) is 9.59 Å². The zero-order valence-corrected chi connectivity index (χ0v) is 19.6. The number of amides is 2. The second kappa shape index (κ2) is 10.3. The molecule has 3 atom stereocenters. The Labute approximate surface area is 199 Å². The van der Waals surface area contributed by atoms with Crippen LogP contribution in [0.15, 0.2) is 48.5 Å². The molecule has 7 heteroatoms. The lowest BCUT2D eigenvalue weighted by Crippen LogP contribution is -2.48. The molecule has 180 valence electrons. The van der Waals surface area contributed by atoms with Crippen LogP contribution in [0.4, 0.5) is 4.79 Å². The zero-order chi connectivity index (χ0) is 24.2. The number of carbonyl (C=O) groups excluding carboxylic acids is 2. The van der Waals surface area contributed by atoms with Gasteiger partial charge < -0.3 is 20.5 Å². The number of nitrogens with one attached hydrogen (secondary N) is 2. The fraction of sp³-hybridized carbons (Fsp3) is 0.444. The summed E-state index contributed by atoms with van der Waals surface area (Å²) in [5, 5.41) is 14.9. The first-order chi connectivity index (χ1) is 16.4. The molecule has 0 aliphatic heterocycles. The lowest BCUT2D eigenvalue weighted by molar-refractivity contribution is -0.143. The minimum Gasteiger partial charge on any atom is -0.480 e. The van der Waals surface area contributed by atoms with Crippen LogP contribution in [0.2, 0.25) is 0 Å². The minimum atomic E-state index is -1.05. The predicted octanol–water partition coefficient (Wildman–Crippen LogP) is 4.31. The monoisotopic (exact) mass is 464 g/mol. The van der Waals surface area contributed by atoms with Gasteiger partial charge in [0.25, 0.3) is 0 Å². The lowest BCUT2D eigenvalue weighted by atomic mass is 9.98. The van der Waals surface area contributed by atoms with E-state index < -0.39 is 18.1 Å². The summed E-state index contributed by atoms with van der Waals surface area (Å²) in [6.45, 7) is 3.89. The van der Waals surface area contributed by atoms with E-state index in [1.54, 1.807) is 6.92 Å². The van der Waals surface area contributed by atoms with Crippen molar-refractivity contribution in [1.29, 1.82) is 0 Å². The highest BCUT2D eigenvalue weighted by Crippen LogP contribution is 2.44. The maximum Gasteiger partial charge on any atom is 0.407 e. The number of hydrogen-bond donors (Lipinski definition) is 3. The van der Waals surface area contributed by atoms with E-state index in [1.165, 1.54) is 0 Å². The van der Waals surface area contributed by atoms with Gasteiger partial charge in [-0.05, 0) is 46.9 Å². The van der Waals surface area contributed by atoms with Crippen LogP contribution in [0, 0.1) is 11.8 Å². The van der Waals surface area contributed by atoms with Crippen molar-refractivity contribution >= 4 is 18.0 Å². The molecule has 4 rings (SSSR count). The predicted molar refractivity (Wildman–Crippen MR) is 128 cm³/mol. The molecule has 2 aliphatic carbocycles. The highest BCUT2D eigenvalue weighted by atomic mass is 16.5. The zero-order valence-electron chi connectivity index (χ0n) is 19.6. The van der Waals surface area contributed by atoms with Gasteiger partial charge in [-0.15, -0.1) is 0 Å². The first-order valence-corrected chi connectivity index (χ1v) is 12.0. The summed E-state index contributed by atoms with van der Waals surface area (Å²) < 4.78 is 5.63. The number of carbonyl (C=O) groups is 3. The third-order valence-corrected chi connectivity index (χ3v) is 7.04. The van der Waals surface area contributed by atoms with Crippen molar-refractivity contribution in [3.8, 4) is 11.1 Å². The van der Waals surface area contributed by atoms with Gasteiger partial charge in [0, 0.05) is 18.4 Å². The Morgan fingerprint density at radius 1 is 1.00 bits per heavy atom. The number of fused-ring (bicyclic) bond motifs is 3. The Morgan fingerprint density at radius 3 is 2.12 bits per heavy atom. The molecule has 1 fully saturated rings. The van der Waals surface area contributed by atoms with Crippen molar-refractivity contribution in [3.05, 3.63) is 59.7 Å². The molecule has 2 aromatic rings. The Bertz CT molecular complexity index is 1020. The Kier molecular flexibility index (Phi) is 7.20. The van der Waals surface area contributed by atoms with Crippen LogP contribution < -0.4 is 10.6 Å². The molecule has 2 unspecified atom stereocenters. The van der Waals surface area contributed by atoms with Gasteiger partial charge in [0.1, 0.15) is 12.6 Å². The smallest absolute Gasteiger partial charge is 0.407 e. The van der Waals surface area contributed by atoms with E-state index in [9.17, 15) is 19.5 Å². The van der Waals surface area contributed by atoms with Crippen LogP contribution in [0.1, 0.15) is 56.6 Å². The van der Waals surface area contributed by atoms with Crippen molar-refractivity contribution < 1.29 is 24.2 Å². The van der Waals surface area contributed by atoms with Crippen LogP contribution in [-0.2, 0) is 14.3 Å². The van der Waals surface area contributed by atoms with Crippen LogP contribution in [-0.4, -0.2) is 41.8 Å². The van der Waals surface area contributed by atoms with E-state index in [1.807, 2.05) is 31.2 Å². The van der Waals surface area contributed by atoms with E-state index in [2.05, 4.69) is 34.9 Å². The van der Waals surface area contributed by atoms with Gasteiger partial charge in [-0.2, -0.15) is 0 Å². The summed E-state index contributed by atoms with van der Waals surface area (Å²) in [5.41, 5.74) is 4.60. The maximum atomic E-state index is 12.7. The summed E-state index contributed by atoms with van der Waals surface area (Å²) in [5.74, 6) is -1.43. The largest absolute Gasteiger partial charge is 0.480 e. The molecule has 0 radical (unpaired) electrons. The number of alkyl carbamates (subject to hydrolysis) is 1. The molecule has 7 nitrogen and oxygen atoms in total. The topological polar surface area (TPSA) is 105 Å². The molecule has 0 bridgehead atoms. The van der Waals surface area contributed by atoms with Gasteiger partial charge in [0.2, 0.25) is 5.91 Å². The van der Waals surface area contributed by atoms with Crippen LogP contribution in [0.5, 0.6) is 0 Å². The maximum absolute atomic E-state index is 12.7. The molecule has 2 aromatic carbocycles. The van der Waals surface area contributed by atoms with Gasteiger partial charge in [0.05, 0.1) is 0 Å². The summed E-state index contributed by atoms with van der Waals surface area (Å²) in [7, 11) is 0. The number of aliphatic carboxylic acids is 1.